The Hall–Kier alpha value is -2.07. The van der Waals surface area contributed by atoms with Gasteiger partial charge in [0.25, 0.3) is 0 Å². The maximum atomic E-state index is 13.9. The molecule has 1 aliphatic rings. The van der Waals surface area contributed by atoms with Crippen molar-refractivity contribution in [1.29, 1.82) is 0 Å². The van der Waals surface area contributed by atoms with E-state index >= 15 is 0 Å². The fourth-order valence-corrected chi connectivity index (χ4v) is 4.09. The van der Waals surface area contributed by atoms with Gasteiger partial charge in [-0.1, -0.05) is 12.1 Å². The Morgan fingerprint density at radius 2 is 1.91 bits per heavy atom. The molecule has 0 amide bonds. The highest BCUT2D eigenvalue weighted by molar-refractivity contribution is 14.0. The van der Waals surface area contributed by atoms with E-state index in [1.54, 1.807) is 33.4 Å². The molecule has 0 spiro atoms. The van der Waals surface area contributed by atoms with Gasteiger partial charge in [0.1, 0.15) is 17.3 Å². The third-order valence-electron chi connectivity index (χ3n) is 5.95. The number of nitrogens with zero attached hydrogens (tertiary/aromatic N) is 2. The molecule has 1 N–H and O–H groups in total. The zero-order valence-corrected chi connectivity index (χ0v) is 21.5. The Bertz CT molecular complexity index is 904. The maximum absolute atomic E-state index is 13.9. The van der Waals surface area contributed by atoms with E-state index in [2.05, 4.69) is 10.3 Å². The van der Waals surface area contributed by atoms with Crippen molar-refractivity contribution >= 4 is 29.9 Å². The van der Waals surface area contributed by atoms with Crippen LogP contribution >= 0.6 is 24.0 Å². The van der Waals surface area contributed by atoms with Gasteiger partial charge in [-0.25, -0.2) is 4.39 Å². The average molecular weight is 557 g/mol. The smallest absolute Gasteiger partial charge is 0.193 e. The highest BCUT2D eigenvalue weighted by Crippen LogP contribution is 2.34. The number of aliphatic imine (C=N–C) groups is 1. The summed E-state index contributed by atoms with van der Waals surface area (Å²) < 4.78 is 30.4. The van der Waals surface area contributed by atoms with E-state index in [-0.39, 0.29) is 35.2 Å². The molecule has 0 aliphatic carbocycles. The molecule has 1 aliphatic heterocycles. The summed E-state index contributed by atoms with van der Waals surface area (Å²) in [5.74, 6) is 2.07. The summed E-state index contributed by atoms with van der Waals surface area (Å²) in [6.45, 7) is 2.59. The van der Waals surface area contributed by atoms with E-state index < -0.39 is 0 Å². The summed E-state index contributed by atoms with van der Waals surface area (Å²) >= 11 is 0. The molecule has 0 unspecified atom stereocenters. The second kappa shape index (κ2) is 12.2. The molecule has 0 bridgehead atoms. The molecule has 0 atom stereocenters. The van der Waals surface area contributed by atoms with E-state index in [0.717, 1.165) is 41.4 Å². The van der Waals surface area contributed by atoms with Crippen LogP contribution in [-0.4, -0.2) is 58.9 Å². The molecule has 2 aromatic carbocycles. The molecule has 176 valence electrons. The van der Waals surface area contributed by atoms with Crippen molar-refractivity contribution in [1.82, 2.24) is 10.2 Å². The minimum atomic E-state index is -0.212. The van der Waals surface area contributed by atoms with Crippen LogP contribution in [0.25, 0.3) is 0 Å². The summed E-state index contributed by atoms with van der Waals surface area (Å²) in [5.41, 5.74) is 1.83. The molecular weight excluding hydrogens is 524 g/mol. The molecule has 32 heavy (non-hydrogen) atoms. The SMILES string of the molecule is CN=C(NCC1(c2cccc(F)c2)CCOCC1)N(C)Cc1ccc(OC)cc1OC.I. The van der Waals surface area contributed by atoms with Crippen molar-refractivity contribution < 1.29 is 18.6 Å². The van der Waals surface area contributed by atoms with Crippen LogP contribution in [0.1, 0.15) is 24.0 Å². The third kappa shape index (κ3) is 6.25. The van der Waals surface area contributed by atoms with Crippen LogP contribution in [0.15, 0.2) is 47.5 Å². The van der Waals surface area contributed by atoms with Gasteiger partial charge in [-0.05, 0) is 42.7 Å². The van der Waals surface area contributed by atoms with Crippen molar-refractivity contribution in [3.8, 4) is 11.5 Å². The minimum absolute atomic E-state index is 0. The number of nitrogens with one attached hydrogen (secondary N) is 1. The lowest BCUT2D eigenvalue weighted by molar-refractivity contribution is 0.0511. The van der Waals surface area contributed by atoms with Gasteiger partial charge < -0.3 is 24.4 Å². The van der Waals surface area contributed by atoms with Gasteiger partial charge in [0.15, 0.2) is 5.96 Å². The average Bonchev–Trinajstić information content (AvgIpc) is 2.80. The molecule has 1 heterocycles. The van der Waals surface area contributed by atoms with Gasteiger partial charge in [0.05, 0.1) is 14.2 Å². The Morgan fingerprint density at radius 3 is 2.53 bits per heavy atom. The zero-order chi connectivity index (χ0) is 22.3. The lowest BCUT2D eigenvalue weighted by Crippen LogP contribution is -2.48. The number of hydrogen-bond acceptors (Lipinski definition) is 4. The second-order valence-corrected chi connectivity index (χ2v) is 7.84. The first-order valence-corrected chi connectivity index (χ1v) is 10.5. The number of methoxy groups -OCH3 is 2. The Balaban J connectivity index is 0.00000363. The predicted molar refractivity (Wildman–Crippen MR) is 136 cm³/mol. The Morgan fingerprint density at radius 1 is 1.16 bits per heavy atom. The van der Waals surface area contributed by atoms with Crippen molar-refractivity contribution in [2.24, 2.45) is 4.99 Å². The lowest BCUT2D eigenvalue weighted by Gasteiger charge is -2.39. The van der Waals surface area contributed by atoms with E-state index in [1.165, 1.54) is 6.07 Å². The fourth-order valence-electron chi connectivity index (χ4n) is 4.09. The van der Waals surface area contributed by atoms with Gasteiger partial charge in [0, 0.05) is 57.4 Å². The second-order valence-electron chi connectivity index (χ2n) is 7.84. The molecule has 1 fully saturated rings. The van der Waals surface area contributed by atoms with Gasteiger partial charge in [-0.2, -0.15) is 0 Å². The predicted octanol–water partition coefficient (Wildman–Crippen LogP) is 4.22. The van der Waals surface area contributed by atoms with Gasteiger partial charge >= 0.3 is 0 Å². The normalized spacial score (nSPS) is 15.5. The van der Waals surface area contributed by atoms with Crippen LogP contribution in [0, 0.1) is 5.82 Å². The Kier molecular flexibility index (Phi) is 10.0. The van der Waals surface area contributed by atoms with E-state index in [0.29, 0.717) is 26.3 Å². The van der Waals surface area contributed by atoms with Crippen LogP contribution < -0.4 is 14.8 Å². The number of rotatable bonds is 7. The highest BCUT2D eigenvalue weighted by Gasteiger charge is 2.35. The molecule has 0 radical (unpaired) electrons. The van der Waals surface area contributed by atoms with Crippen LogP contribution in [-0.2, 0) is 16.7 Å². The minimum Gasteiger partial charge on any atom is -0.497 e. The molecule has 1 saturated heterocycles. The largest absolute Gasteiger partial charge is 0.497 e. The highest BCUT2D eigenvalue weighted by atomic mass is 127. The number of hydrogen-bond donors (Lipinski definition) is 1. The number of guanidine groups is 1. The molecule has 2 aromatic rings. The van der Waals surface area contributed by atoms with Gasteiger partial charge in [0.2, 0.25) is 0 Å². The first-order valence-electron chi connectivity index (χ1n) is 10.5. The summed E-state index contributed by atoms with van der Waals surface area (Å²) in [7, 11) is 7.04. The van der Waals surface area contributed by atoms with Crippen molar-refractivity contribution in [3.63, 3.8) is 0 Å². The first-order chi connectivity index (χ1) is 15.0. The number of halogens is 2. The first kappa shape index (κ1) is 26.2. The van der Waals surface area contributed by atoms with Crippen LogP contribution in [0.3, 0.4) is 0 Å². The monoisotopic (exact) mass is 557 g/mol. The maximum Gasteiger partial charge on any atom is 0.193 e. The molecular formula is C24H33FIN3O3. The molecule has 0 aromatic heterocycles. The number of benzene rings is 2. The standard InChI is InChI=1S/C24H32FN3O3.HI/c1-26-23(28(2)16-18-8-9-21(29-3)15-22(18)30-4)27-17-24(10-12-31-13-11-24)19-6-5-7-20(25)14-19;/h5-9,14-15H,10-13,16-17H2,1-4H3,(H,26,27);1H. The number of ether oxygens (including phenoxy) is 3. The van der Waals surface area contributed by atoms with Crippen molar-refractivity contribution in [2.75, 3.05) is 48.1 Å². The topological polar surface area (TPSA) is 55.3 Å². The molecule has 8 heteroatoms. The lowest BCUT2D eigenvalue weighted by atomic mass is 9.74. The summed E-state index contributed by atoms with van der Waals surface area (Å²) in [4.78, 5) is 6.51. The van der Waals surface area contributed by atoms with E-state index in [1.807, 2.05) is 36.2 Å². The van der Waals surface area contributed by atoms with E-state index in [9.17, 15) is 4.39 Å². The van der Waals surface area contributed by atoms with Crippen LogP contribution in [0.2, 0.25) is 0 Å². The molecule has 3 rings (SSSR count). The van der Waals surface area contributed by atoms with E-state index in [4.69, 9.17) is 14.2 Å². The Labute approximate surface area is 207 Å². The van der Waals surface area contributed by atoms with Crippen LogP contribution in [0.4, 0.5) is 4.39 Å². The van der Waals surface area contributed by atoms with Crippen molar-refractivity contribution in [2.45, 2.75) is 24.8 Å². The summed E-state index contributed by atoms with van der Waals surface area (Å²) in [6, 6.07) is 12.7. The van der Waals surface area contributed by atoms with Gasteiger partial charge in [-0.3, -0.25) is 4.99 Å². The fraction of sp³-hybridized carbons (Fsp3) is 0.458. The quantitative estimate of drug-likeness (QED) is 0.314. The van der Waals surface area contributed by atoms with Gasteiger partial charge in [-0.15, -0.1) is 24.0 Å². The third-order valence-corrected chi connectivity index (χ3v) is 5.95. The molecule has 6 nitrogen and oxygen atoms in total. The van der Waals surface area contributed by atoms with Crippen molar-refractivity contribution in [3.05, 3.63) is 59.4 Å². The molecule has 0 saturated carbocycles. The van der Waals surface area contributed by atoms with Crippen LogP contribution in [0.5, 0.6) is 11.5 Å². The summed E-state index contributed by atoms with van der Waals surface area (Å²) in [5, 5.41) is 3.51. The zero-order valence-electron chi connectivity index (χ0n) is 19.2. The summed E-state index contributed by atoms with van der Waals surface area (Å²) in [6.07, 6.45) is 1.66.